The number of hydrogen-bond acceptors (Lipinski definition) is 3. The van der Waals surface area contributed by atoms with Crippen LogP contribution in [0.5, 0.6) is 0 Å². The van der Waals surface area contributed by atoms with Crippen LogP contribution in [0.1, 0.15) is 35.2 Å². The first kappa shape index (κ1) is 16.2. The predicted molar refractivity (Wildman–Crippen MR) is 90.4 cm³/mol. The van der Waals surface area contributed by atoms with E-state index in [9.17, 15) is 9.59 Å². The Kier molecular flexibility index (Phi) is 4.81. The van der Waals surface area contributed by atoms with Gasteiger partial charge in [0, 0.05) is 25.1 Å². The number of Topliss-reactive ketones (excluding diaryl/α,β-unsaturated/α-hetero) is 1. The lowest BCUT2D eigenvalue weighted by molar-refractivity contribution is -0.128. The number of benzene rings is 1. The number of piperidine rings is 1. The Labute approximate surface area is 138 Å². The molecule has 2 aliphatic heterocycles. The van der Waals surface area contributed by atoms with Gasteiger partial charge in [0.2, 0.25) is 0 Å². The van der Waals surface area contributed by atoms with Crippen LogP contribution < -0.4 is 0 Å². The molecule has 4 heteroatoms. The van der Waals surface area contributed by atoms with Crippen molar-refractivity contribution in [2.75, 3.05) is 33.2 Å². The molecule has 0 N–H and O–H groups in total. The second-order valence-corrected chi connectivity index (χ2v) is 7.19. The smallest absolute Gasteiger partial charge is 0.253 e. The highest BCUT2D eigenvalue weighted by Gasteiger charge is 2.36. The van der Waals surface area contributed by atoms with E-state index in [1.807, 2.05) is 31.2 Å². The van der Waals surface area contributed by atoms with Gasteiger partial charge in [0.25, 0.3) is 5.91 Å². The van der Waals surface area contributed by atoms with Crippen molar-refractivity contribution in [3.63, 3.8) is 0 Å². The molecule has 1 aromatic rings. The minimum atomic E-state index is 0.0494. The Bertz CT molecular complexity index is 568. The molecule has 124 valence electrons. The van der Waals surface area contributed by atoms with E-state index >= 15 is 0 Å². The van der Waals surface area contributed by atoms with Crippen molar-refractivity contribution < 1.29 is 9.59 Å². The van der Waals surface area contributed by atoms with Crippen molar-refractivity contribution in [2.24, 2.45) is 11.8 Å². The number of rotatable bonds is 4. The molecule has 0 unspecified atom stereocenters. The fraction of sp³-hybridized carbons (Fsp3) is 0.579. The van der Waals surface area contributed by atoms with Gasteiger partial charge in [-0.15, -0.1) is 0 Å². The van der Waals surface area contributed by atoms with Crippen LogP contribution in [-0.2, 0) is 4.79 Å². The average molecular weight is 314 g/mol. The molecule has 1 aromatic carbocycles. The number of carbonyl (C=O) groups is 2. The van der Waals surface area contributed by atoms with Gasteiger partial charge in [-0.2, -0.15) is 0 Å². The second-order valence-electron chi connectivity index (χ2n) is 7.19. The van der Waals surface area contributed by atoms with Gasteiger partial charge in [0.1, 0.15) is 5.78 Å². The maximum Gasteiger partial charge on any atom is 0.253 e. The summed E-state index contributed by atoms with van der Waals surface area (Å²) in [6.07, 6.45) is 2.95. The lowest BCUT2D eigenvalue weighted by Crippen LogP contribution is -2.53. The highest BCUT2D eigenvalue weighted by molar-refractivity contribution is 5.96. The van der Waals surface area contributed by atoms with E-state index in [-0.39, 0.29) is 11.8 Å². The minimum Gasteiger partial charge on any atom is -0.337 e. The normalized spacial score (nSPS) is 20.3. The molecule has 0 atom stereocenters. The van der Waals surface area contributed by atoms with Crippen molar-refractivity contribution in [2.45, 2.75) is 26.2 Å². The molecule has 0 radical (unpaired) electrons. The van der Waals surface area contributed by atoms with E-state index < -0.39 is 0 Å². The number of ketones is 1. The summed E-state index contributed by atoms with van der Waals surface area (Å²) in [5.74, 6) is 1.01. The molecule has 2 heterocycles. The Balaban J connectivity index is 1.45. The zero-order valence-electron chi connectivity index (χ0n) is 14.1. The highest BCUT2D eigenvalue weighted by atomic mass is 16.2. The zero-order chi connectivity index (χ0) is 16.4. The molecule has 23 heavy (non-hydrogen) atoms. The molecule has 0 aliphatic carbocycles. The van der Waals surface area contributed by atoms with E-state index in [0.29, 0.717) is 31.2 Å². The van der Waals surface area contributed by atoms with Gasteiger partial charge in [-0.05, 0) is 58.0 Å². The second kappa shape index (κ2) is 6.83. The van der Waals surface area contributed by atoms with E-state index in [2.05, 4.69) is 11.9 Å². The van der Waals surface area contributed by atoms with Crippen molar-refractivity contribution in [1.82, 2.24) is 9.80 Å². The topological polar surface area (TPSA) is 40.6 Å². The summed E-state index contributed by atoms with van der Waals surface area (Å²) in [4.78, 5) is 28.8. The summed E-state index contributed by atoms with van der Waals surface area (Å²) in [5, 5.41) is 0. The van der Waals surface area contributed by atoms with Crippen LogP contribution in [0, 0.1) is 18.8 Å². The number of likely N-dealkylation sites (tertiary alicyclic amines) is 2. The van der Waals surface area contributed by atoms with Gasteiger partial charge in [-0.1, -0.05) is 17.7 Å². The number of amides is 1. The molecule has 0 saturated carbocycles. The molecular weight excluding hydrogens is 288 g/mol. The average Bonchev–Trinajstić information content (AvgIpc) is 2.48. The Morgan fingerprint density at radius 1 is 1.09 bits per heavy atom. The third-order valence-electron chi connectivity index (χ3n) is 5.25. The molecule has 3 rings (SSSR count). The van der Waals surface area contributed by atoms with Crippen LogP contribution in [-0.4, -0.2) is 54.7 Å². The summed E-state index contributed by atoms with van der Waals surface area (Å²) >= 11 is 0. The summed E-state index contributed by atoms with van der Waals surface area (Å²) in [6, 6.07) is 7.64. The summed E-state index contributed by atoms with van der Waals surface area (Å²) in [7, 11) is 2.14. The summed E-state index contributed by atoms with van der Waals surface area (Å²) < 4.78 is 0. The third kappa shape index (κ3) is 3.81. The lowest BCUT2D eigenvalue weighted by Gasteiger charge is -2.39. The molecule has 1 amide bonds. The van der Waals surface area contributed by atoms with Crippen LogP contribution in [0.15, 0.2) is 24.3 Å². The highest BCUT2D eigenvalue weighted by Crippen LogP contribution is 2.26. The lowest BCUT2D eigenvalue weighted by atomic mass is 9.85. The molecule has 0 aromatic heterocycles. The minimum absolute atomic E-state index is 0.0494. The first-order valence-electron chi connectivity index (χ1n) is 8.60. The summed E-state index contributed by atoms with van der Waals surface area (Å²) in [6.45, 7) is 5.40. The van der Waals surface area contributed by atoms with Gasteiger partial charge in [0.15, 0.2) is 0 Å². The molecular formula is C19H26N2O2. The predicted octanol–water partition coefficient (Wildman–Crippen LogP) is 2.37. The van der Waals surface area contributed by atoms with Crippen molar-refractivity contribution in [1.29, 1.82) is 0 Å². The maximum absolute atomic E-state index is 12.4. The monoisotopic (exact) mass is 314 g/mol. The largest absolute Gasteiger partial charge is 0.337 e. The Morgan fingerprint density at radius 3 is 2.30 bits per heavy atom. The van der Waals surface area contributed by atoms with Crippen molar-refractivity contribution in [3.05, 3.63) is 35.4 Å². The first-order chi connectivity index (χ1) is 11.0. The molecule has 4 nitrogen and oxygen atoms in total. The van der Waals surface area contributed by atoms with Crippen LogP contribution in [0.4, 0.5) is 0 Å². The number of hydrogen-bond donors (Lipinski definition) is 0. The molecule has 0 bridgehead atoms. The Hall–Kier alpha value is -1.68. The Morgan fingerprint density at radius 2 is 1.70 bits per heavy atom. The van der Waals surface area contributed by atoms with Crippen molar-refractivity contribution in [3.8, 4) is 0 Å². The van der Waals surface area contributed by atoms with Gasteiger partial charge >= 0.3 is 0 Å². The van der Waals surface area contributed by atoms with Crippen molar-refractivity contribution >= 4 is 11.7 Å². The number of carbonyl (C=O) groups excluding carboxylic acids is 2. The standard InChI is InChI=1S/C19H26N2O2/c1-14-3-5-16(6-4-14)19(23)21-12-17(13-21)18(22)11-15-7-9-20(2)10-8-15/h3-6,15,17H,7-13H2,1-2H3. The molecule has 0 spiro atoms. The van der Waals surface area contributed by atoms with Crippen LogP contribution in [0.25, 0.3) is 0 Å². The van der Waals surface area contributed by atoms with Gasteiger partial charge in [-0.3, -0.25) is 9.59 Å². The van der Waals surface area contributed by atoms with E-state index in [4.69, 9.17) is 0 Å². The molecule has 2 aliphatic rings. The maximum atomic E-state index is 12.4. The SMILES string of the molecule is Cc1ccc(C(=O)N2CC(C(=O)CC3CCN(C)CC3)C2)cc1. The fourth-order valence-electron chi connectivity index (χ4n) is 3.44. The van der Waals surface area contributed by atoms with Crippen LogP contribution >= 0.6 is 0 Å². The van der Waals surface area contributed by atoms with Gasteiger partial charge in [-0.25, -0.2) is 0 Å². The van der Waals surface area contributed by atoms with E-state index in [1.165, 1.54) is 0 Å². The molecule has 2 fully saturated rings. The van der Waals surface area contributed by atoms with Gasteiger partial charge in [0.05, 0.1) is 5.92 Å². The van der Waals surface area contributed by atoms with Gasteiger partial charge < -0.3 is 9.80 Å². The van der Waals surface area contributed by atoms with E-state index in [0.717, 1.165) is 37.1 Å². The van der Waals surface area contributed by atoms with Crippen LogP contribution in [0.3, 0.4) is 0 Å². The number of aryl methyl sites for hydroxylation is 1. The summed E-state index contributed by atoms with van der Waals surface area (Å²) in [5.41, 5.74) is 1.87. The fourth-order valence-corrected chi connectivity index (χ4v) is 3.44. The third-order valence-corrected chi connectivity index (χ3v) is 5.25. The molecule has 2 saturated heterocycles. The zero-order valence-corrected chi connectivity index (χ0v) is 14.1. The van der Waals surface area contributed by atoms with Crippen LogP contribution in [0.2, 0.25) is 0 Å². The first-order valence-corrected chi connectivity index (χ1v) is 8.60. The number of nitrogens with zero attached hydrogens (tertiary/aromatic N) is 2. The quantitative estimate of drug-likeness (QED) is 0.857. The van der Waals surface area contributed by atoms with E-state index in [1.54, 1.807) is 4.90 Å².